The summed E-state index contributed by atoms with van der Waals surface area (Å²) in [6, 6.07) is 3.87. The monoisotopic (exact) mass is 312 g/mol. The standard InChI is InChI=1S/C10H8N4S4/c1-3-11-9-13-7(1)15-5-17-10-12-4-2-8(14-10)16-6-18-9/h1-4H,5-6H2. The van der Waals surface area contributed by atoms with Gasteiger partial charge in [0.2, 0.25) is 0 Å². The summed E-state index contributed by atoms with van der Waals surface area (Å²) in [6.07, 6.45) is 3.63. The third-order valence-electron chi connectivity index (χ3n) is 2.01. The van der Waals surface area contributed by atoms with E-state index in [-0.39, 0.29) is 0 Å². The lowest BCUT2D eigenvalue weighted by molar-refractivity contribution is 0.889. The Labute approximate surface area is 122 Å². The molecular formula is C10H8N4S4. The van der Waals surface area contributed by atoms with E-state index in [1.807, 2.05) is 24.5 Å². The van der Waals surface area contributed by atoms with Gasteiger partial charge in [0.15, 0.2) is 10.3 Å². The summed E-state index contributed by atoms with van der Waals surface area (Å²) in [5.74, 6) is 0. The zero-order valence-electron chi connectivity index (χ0n) is 9.15. The number of fused-ring (bicyclic) bond motifs is 4. The van der Waals surface area contributed by atoms with Gasteiger partial charge in [-0.05, 0) is 12.1 Å². The summed E-state index contributed by atoms with van der Waals surface area (Å²) >= 11 is 6.64. The largest absolute Gasteiger partial charge is 0.231 e. The summed E-state index contributed by atoms with van der Waals surface area (Å²) in [5.41, 5.74) is 0. The quantitative estimate of drug-likeness (QED) is 0.543. The van der Waals surface area contributed by atoms with E-state index in [1.165, 1.54) is 0 Å². The fourth-order valence-electron chi connectivity index (χ4n) is 1.24. The molecule has 92 valence electrons. The average molecular weight is 312 g/mol. The third-order valence-corrected chi connectivity index (χ3v) is 5.85. The molecule has 0 unspecified atom stereocenters. The minimum atomic E-state index is 0.826. The molecule has 0 amide bonds. The summed E-state index contributed by atoms with van der Waals surface area (Å²) in [6.45, 7) is 0. The normalized spacial score (nSPS) is 15.6. The second-order valence-corrected chi connectivity index (χ2v) is 7.78. The fourth-order valence-corrected chi connectivity index (χ4v) is 4.84. The molecule has 0 fully saturated rings. The number of hydrogen-bond donors (Lipinski definition) is 0. The van der Waals surface area contributed by atoms with Crippen molar-refractivity contribution >= 4 is 47.0 Å². The molecule has 3 heterocycles. The Bertz CT molecular complexity index is 463. The lowest BCUT2D eigenvalue weighted by Gasteiger charge is -2.06. The topological polar surface area (TPSA) is 51.6 Å². The molecule has 2 aromatic rings. The molecule has 4 nitrogen and oxygen atoms in total. The van der Waals surface area contributed by atoms with Gasteiger partial charge in [-0.2, -0.15) is 0 Å². The zero-order valence-corrected chi connectivity index (χ0v) is 12.4. The maximum atomic E-state index is 4.49. The van der Waals surface area contributed by atoms with Gasteiger partial charge >= 0.3 is 0 Å². The first kappa shape index (κ1) is 12.6. The van der Waals surface area contributed by atoms with Crippen LogP contribution in [0.1, 0.15) is 0 Å². The van der Waals surface area contributed by atoms with Gasteiger partial charge in [0.1, 0.15) is 10.1 Å². The van der Waals surface area contributed by atoms with Crippen LogP contribution in [0.15, 0.2) is 44.9 Å². The second kappa shape index (κ2) is 6.14. The van der Waals surface area contributed by atoms with E-state index < -0.39 is 0 Å². The number of thioether (sulfide) groups is 4. The van der Waals surface area contributed by atoms with Crippen molar-refractivity contribution in [1.82, 2.24) is 19.9 Å². The van der Waals surface area contributed by atoms with Crippen molar-refractivity contribution in [3.8, 4) is 0 Å². The van der Waals surface area contributed by atoms with Gasteiger partial charge in [0.05, 0.1) is 10.2 Å². The molecule has 1 aliphatic rings. The second-order valence-electron chi connectivity index (χ2n) is 3.17. The predicted octanol–water partition coefficient (Wildman–Crippen LogP) is 3.26. The Hall–Kier alpha value is -0.440. The highest BCUT2D eigenvalue weighted by atomic mass is 32.2. The van der Waals surface area contributed by atoms with Crippen molar-refractivity contribution < 1.29 is 0 Å². The van der Waals surface area contributed by atoms with Crippen LogP contribution in [-0.2, 0) is 0 Å². The molecule has 0 atom stereocenters. The minimum absolute atomic E-state index is 0.826. The molecule has 0 aliphatic carbocycles. The predicted molar refractivity (Wildman–Crippen MR) is 77.2 cm³/mol. The van der Waals surface area contributed by atoms with Crippen LogP contribution in [0.3, 0.4) is 0 Å². The average Bonchev–Trinajstić information content (AvgIpc) is 2.39. The van der Waals surface area contributed by atoms with Crippen molar-refractivity contribution in [3.05, 3.63) is 24.5 Å². The molecule has 8 heteroatoms. The van der Waals surface area contributed by atoms with Gasteiger partial charge in [-0.3, -0.25) is 0 Å². The van der Waals surface area contributed by atoms with E-state index >= 15 is 0 Å². The molecule has 4 bridgehead atoms. The molecule has 3 rings (SSSR count). The SMILES string of the molecule is c1cc2nc(n1)SCSc1ccnc(n1)SCS2. The van der Waals surface area contributed by atoms with E-state index in [2.05, 4.69) is 19.9 Å². The van der Waals surface area contributed by atoms with E-state index in [0.717, 1.165) is 30.5 Å². The smallest absolute Gasteiger partial charge is 0.189 e. The molecule has 0 aromatic carbocycles. The Morgan fingerprint density at radius 2 is 1.22 bits per heavy atom. The first-order chi connectivity index (χ1) is 8.90. The minimum Gasteiger partial charge on any atom is -0.231 e. The summed E-state index contributed by atoms with van der Waals surface area (Å²) < 4.78 is 0. The van der Waals surface area contributed by atoms with E-state index in [0.29, 0.717) is 0 Å². The van der Waals surface area contributed by atoms with Gasteiger partial charge in [-0.25, -0.2) is 19.9 Å². The highest BCUT2D eigenvalue weighted by Gasteiger charge is 2.07. The van der Waals surface area contributed by atoms with Crippen LogP contribution in [0.25, 0.3) is 0 Å². The van der Waals surface area contributed by atoms with Crippen LogP contribution in [0, 0.1) is 0 Å². The highest BCUT2D eigenvalue weighted by molar-refractivity contribution is 8.16. The van der Waals surface area contributed by atoms with E-state index in [9.17, 15) is 0 Å². The van der Waals surface area contributed by atoms with Crippen molar-refractivity contribution in [1.29, 1.82) is 0 Å². The van der Waals surface area contributed by atoms with Crippen molar-refractivity contribution in [2.24, 2.45) is 0 Å². The molecule has 0 N–H and O–H groups in total. The maximum absolute atomic E-state index is 4.49. The summed E-state index contributed by atoms with van der Waals surface area (Å²) in [4.78, 5) is 17.5. The highest BCUT2D eigenvalue weighted by Crippen LogP contribution is 2.30. The fraction of sp³-hybridized carbons (Fsp3) is 0.200. The Kier molecular flexibility index (Phi) is 4.29. The Balaban J connectivity index is 1.84. The Morgan fingerprint density at radius 3 is 1.72 bits per heavy atom. The number of hydrogen-bond acceptors (Lipinski definition) is 8. The lowest BCUT2D eigenvalue weighted by atomic mass is 10.7. The molecule has 18 heavy (non-hydrogen) atoms. The first-order valence-corrected chi connectivity index (χ1v) is 9.02. The first-order valence-electron chi connectivity index (χ1n) is 5.07. The molecule has 0 spiro atoms. The van der Waals surface area contributed by atoms with Gasteiger partial charge in [0, 0.05) is 12.4 Å². The van der Waals surface area contributed by atoms with Crippen LogP contribution in [0.4, 0.5) is 0 Å². The molecule has 0 radical (unpaired) electrons. The number of aromatic nitrogens is 4. The molecular weight excluding hydrogens is 304 g/mol. The Morgan fingerprint density at radius 1 is 0.722 bits per heavy atom. The number of rotatable bonds is 0. The molecule has 0 saturated carbocycles. The number of nitrogens with zero attached hydrogens (tertiary/aromatic N) is 4. The van der Waals surface area contributed by atoms with Crippen LogP contribution >= 0.6 is 47.0 Å². The van der Waals surface area contributed by atoms with Crippen LogP contribution < -0.4 is 0 Å². The van der Waals surface area contributed by atoms with Crippen LogP contribution in [-0.4, -0.2) is 30.1 Å². The van der Waals surface area contributed by atoms with Crippen LogP contribution in [0.2, 0.25) is 0 Å². The van der Waals surface area contributed by atoms with E-state index in [4.69, 9.17) is 0 Å². The molecule has 1 aliphatic heterocycles. The van der Waals surface area contributed by atoms with Gasteiger partial charge in [-0.15, -0.1) is 0 Å². The van der Waals surface area contributed by atoms with Gasteiger partial charge < -0.3 is 0 Å². The summed E-state index contributed by atoms with van der Waals surface area (Å²) in [5, 5.41) is 5.37. The van der Waals surface area contributed by atoms with E-state index in [1.54, 1.807) is 47.0 Å². The zero-order chi connectivity index (χ0) is 12.2. The molecule has 0 saturated heterocycles. The van der Waals surface area contributed by atoms with Gasteiger partial charge in [-0.1, -0.05) is 47.0 Å². The van der Waals surface area contributed by atoms with Crippen molar-refractivity contribution in [2.75, 3.05) is 10.2 Å². The van der Waals surface area contributed by atoms with Crippen molar-refractivity contribution in [3.63, 3.8) is 0 Å². The molecule has 2 aromatic heterocycles. The van der Waals surface area contributed by atoms with Crippen LogP contribution in [0.5, 0.6) is 0 Å². The van der Waals surface area contributed by atoms with Gasteiger partial charge in [0.25, 0.3) is 0 Å². The maximum Gasteiger partial charge on any atom is 0.189 e. The third kappa shape index (κ3) is 3.31. The lowest BCUT2D eigenvalue weighted by Crippen LogP contribution is -1.92. The summed E-state index contributed by atoms with van der Waals surface area (Å²) in [7, 11) is 0. The van der Waals surface area contributed by atoms with Crippen molar-refractivity contribution in [2.45, 2.75) is 20.4 Å².